The number of anilines is 1. The molecule has 2 amide bonds. The predicted molar refractivity (Wildman–Crippen MR) is 123 cm³/mol. The first-order chi connectivity index (χ1) is 14.9. The van der Waals surface area contributed by atoms with E-state index < -0.39 is 27.4 Å². The largest absolute Gasteiger partial charge is 0.494 e. The molecule has 1 atom stereocenters. The standard InChI is InChI=1S/C22H35N3O6S/c1-7-25-11-9-10-15(25)14-23-20(26)17-12-16(32(28,29)8-2)13-18(19(17)30-6)24-21(27)31-22(3,4)5/h12-13,15H,7-11,14H2,1-6H3,(H,23,26)(H,24,27). The number of methoxy groups -OCH3 is 1. The molecule has 9 nitrogen and oxygen atoms in total. The van der Waals surface area contributed by atoms with Crippen LogP contribution < -0.4 is 15.4 Å². The maximum atomic E-state index is 13.1. The topological polar surface area (TPSA) is 114 Å². The van der Waals surface area contributed by atoms with Crippen molar-refractivity contribution in [1.82, 2.24) is 10.2 Å². The summed E-state index contributed by atoms with van der Waals surface area (Å²) in [6.45, 7) is 11.1. The van der Waals surface area contributed by atoms with Gasteiger partial charge < -0.3 is 14.8 Å². The molecule has 1 aromatic carbocycles. The quantitative estimate of drug-likeness (QED) is 0.601. The molecule has 1 aliphatic heterocycles. The van der Waals surface area contributed by atoms with Gasteiger partial charge in [0.05, 0.1) is 29.0 Å². The number of benzene rings is 1. The lowest BCUT2D eigenvalue weighted by Crippen LogP contribution is -2.40. The molecule has 1 unspecified atom stereocenters. The first-order valence-electron chi connectivity index (χ1n) is 10.9. The Morgan fingerprint density at radius 2 is 1.91 bits per heavy atom. The van der Waals surface area contributed by atoms with Crippen LogP contribution >= 0.6 is 0 Å². The average Bonchev–Trinajstić information content (AvgIpc) is 3.17. The smallest absolute Gasteiger partial charge is 0.412 e. The highest BCUT2D eigenvalue weighted by Gasteiger charge is 2.27. The molecule has 1 aromatic rings. The zero-order chi connectivity index (χ0) is 24.1. The number of amides is 2. The average molecular weight is 470 g/mol. The van der Waals surface area contributed by atoms with Crippen LogP contribution in [0.15, 0.2) is 17.0 Å². The maximum Gasteiger partial charge on any atom is 0.412 e. The first kappa shape index (κ1) is 25.9. The van der Waals surface area contributed by atoms with Gasteiger partial charge in [-0.25, -0.2) is 13.2 Å². The minimum Gasteiger partial charge on any atom is -0.494 e. The Morgan fingerprint density at radius 3 is 2.47 bits per heavy atom. The molecule has 1 fully saturated rings. The van der Waals surface area contributed by atoms with Gasteiger partial charge in [-0.2, -0.15) is 0 Å². The third-order valence-corrected chi connectivity index (χ3v) is 7.00. The third kappa shape index (κ3) is 6.59. The van der Waals surface area contributed by atoms with Crippen LogP contribution in [0, 0.1) is 0 Å². The van der Waals surface area contributed by atoms with Crippen molar-refractivity contribution in [2.24, 2.45) is 0 Å². The molecule has 1 aliphatic rings. The van der Waals surface area contributed by atoms with Crippen molar-refractivity contribution < 1.29 is 27.5 Å². The highest BCUT2D eigenvalue weighted by atomic mass is 32.2. The Hall–Kier alpha value is -2.33. The highest BCUT2D eigenvalue weighted by molar-refractivity contribution is 7.91. The van der Waals surface area contributed by atoms with Crippen LogP contribution in [-0.4, -0.2) is 69.5 Å². The number of sulfone groups is 1. The van der Waals surface area contributed by atoms with Crippen LogP contribution in [0.3, 0.4) is 0 Å². The number of carbonyl (C=O) groups excluding carboxylic acids is 2. The lowest BCUT2D eigenvalue weighted by Gasteiger charge is -2.23. The molecule has 0 spiro atoms. The maximum absolute atomic E-state index is 13.1. The van der Waals surface area contributed by atoms with Crippen molar-refractivity contribution >= 4 is 27.5 Å². The van der Waals surface area contributed by atoms with Crippen molar-refractivity contribution in [2.75, 3.05) is 37.8 Å². The van der Waals surface area contributed by atoms with Crippen molar-refractivity contribution in [3.8, 4) is 5.75 Å². The summed E-state index contributed by atoms with van der Waals surface area (Å²) < 4.78 is 35.8. The number of ether oxygens (including phenoxy) is 2. The Morgan fingerprint density at radius 1 is 1.22 bits per heavy atom. The number of likely N-dealkylation sites (N-methyl/N-ethyl adjacent to an activating group) is 1. The zero-order valence-corrected chi connectivity index (χ0v) is 20.6. The van der Waals surface area contributed by atoms with E-state index in [1.165, 1.54) is 26.2 Å². The monoisotopic (exact) mass is 469 g/mol. The SMILES string of the molecule is CCN1CCCC1CNC(=O)c1cc(S(=O)(=O)CC)cc(NC(=O)OC(C)(C)C)c1OC. The lowest BCUT2D eigenvalue weighted by atomic mass is 10.1. The molecule has 1 heterocycles. The van der Waals surface area contributed by atoms with Gasteiger partial charge in [-0.3, -0.25) is 15.0 Å². The second-order valence-electron chi connectivity index (χ2n) is 8.72. The molecule has 0 bridgehead atoms. The molecule has 0 aliphatic carbocycles. The summed E-state index contributed by atoms with van der Waals surface area (Å²) in [7, 11) is -2.29. The number of carbonyl (C=O) groups is 2. The molecule has 180 valence electrons. The minimum absolute atomic E-state index is 0.0362. The molecule has 2 rings (SSSR count). The molecular formula is C22H35N3O6S. The van der Waals surface area contributed by atoms with Crippen molar-refractivity contribution in [1.29, 1.82) is 0 Å². The van der Waals surface area contributed by atoms with Gasteiger partial charge in [0, 0.05) is 12.6 Å². The zero-order valence-electron chi connectivity index (χ0n) is 19.8. The first-order valence-corrected chi connectivity index (χ1v) is 12.5. The van der Waals surface area contributed by atoms with Crippen LogP contribution in [0.4, 0.5) is 10.5 Å². The summed E-state index contributed by atoms with van der Waals surface area (Å²) in [5.41, 5.74) is -0.663. The summed E-state index contributed by atoms with van der Waals surface area (Å²) >= 11 is 0. The fourth-order valence-electron chi connectivity index (χ4n) is 3.69. The van der Waals surface area contributed by atoms with Gasteiger partial charge in [0.15, 0.2) is 15.6 Å². The molecule has 0 saturated carbocycles. The minimum atomic E-state index is -3.65. The van der Waals surface area contributed by atoms with E-state index in [2.05, 4.69) is 22.5 Å². The molecule has 32 heavy (non-hydrogen) atoms. The van der Waals surface area contributed by atoms with Gasteiger partial charge in [0.2, 0.25) is 0 Å². The lowest BCUT2D eigenvalue weighted by molar-refractivity contribution is 0.0634. The van der Waals surface area contributed by atoms with E-state index in [-0.39, 0.29) is 33.7 Å². The van der Waals surface area contributed by atoms with Gasteiger partial charge >= 0.3 is 6.09 Å². The van der Waals surface area contributed by atoms with Crippen LogP contribution in [0.5, 0.6) is 5.75 Å². The number of nitrogens with one attached hydrogen (secondary N) is 2. The van der Waals surface area contributed by atoms with Gasteiger partial charge in [-0.15, -0.1) is 0 Å². The number of likely N-dealkylation sites (tertiary alicyclic amines) is 1. The van der Waals surface area contributed by atoms with E-state index >= 15 is 0 Å². The number of nitrogens with zero attached hydrogens (tertiary/aromatic N) is 1. The Balaban J connectivity index is 2.39. The second kappa shape index (κ2) is 10.5. The molecule has 0 radical (unpaired) electrons. The third-order valence-electron chi connectivity index (χ3n) is 5.29. The second-order valence-corrected chi connectivity index (χ2v) is 11.0. The Kier molecular flexibility index (Phi) is 8.53. The van der Waals surface area contributed by atoms with E-state index in [0.717, 1.165) is 25.9 Å². The number of hydrogen-bond acceptors (Lipinski definition) is 7. The Bertz CT molecular complexity index is 940. The van der Waals surface area contributed by atoms with E-state index in [9.17, 15) is 18.0 Å². The van der Waals surface area contributed by atoms with Crippen molar-refractivity contribution in [3.05, 3.63) is 17.7 Å². The van der Waals surface area contributed by atoms with Gasteiger partial charge in [0.25, 0.3) is 5.91 Å². The summed E-state index contributed by atoms with van der Waals surface area (Å²) in [5, 5.41) is 5.42. The van der Waals surface area contributed by atoms with Crippen molar-refractivity contribution in [2.45, 2.75) is 64.0 Å². The summed E-state index contributed by atoms with van der Waals surface area (Å²) in [6.07, 6.45) is 1.28. The summed E-state index contributed by atoms with van der Waals surface area (Å²) in [5.74, 6) is -0.549. The van der Waals surface area contributed by atoms with Crippen LogP contribution in [0.1, 0.15) is 57.8 Å². The predicted octanol–water partition coefficient (Wildman–Crippen LogP) is 3.05. The molecule has 10 heteroatoms. The number of rotatable bonds is 8. The van der Waals surface area contributed by atoms with Crippen LogP contribution in [0.2, 0.25) is 0 Å². The van der Waals surface area contributed by atoms with Crippen molar-refractivity contribution in [3.63, 3.8) is 0 Å². The molecule has 1 saturated heterocycles. The van der Waals surface area contributed by atoms with E-state index in [0.29, 0.717) is 6.54 Å². The van der Waals surface area contributed by atoms with E-state index in [1.807, 2.05) is 0 Å². The summed E-state index contributed by atoms with van der Waals surface area (Å²) in [6, 6.07) is 2.81. The molecular weight excluding hydrogens is 434 g/mol. The van der Waals surface area contributed by atoms with Crippen LogP contribution in [-0.2, 0) is 14.6 Å². The number of hydrogen-bond donors (Lipinski definition) is 2. The molecule has 2 N–H and O–H groups in total. The van der Waals surface area contributed by atoms with E-state index in [4.69, 9.17) is 9.47 Å². The normalized spacial score (nSPS) is 17.1. The van der Waals surface area contributed by atoms with Crippen LogP contribution in [0.25, 0.3) is 0 Å². The van der Waals surface area contributed by atoms with Gasteiger partial charge in [-0.1, -0.05) is 13.8 Å². The fraction of sp³-hybridized carbons (Fsp3) is 0.636. The fourth-order valence-corrected chi connectivity index (χ4v) is 4.62. The molecule has 0 aromatic heterocycles. The van der Waals surface area contributed by atoms with Gasteiger partial charge in [0.1, 0.15) is 5.60 Å². The summed E-state index contributed by atoms with van der Waals surface area (Å²) in [4.78, 5) is 27.6. The Labute approximate surface area is 190 Å². The van der Waals surface area contributed by atoms with Gasteiger partial charge in [-0.05, 0) is 58.8 Å². The van der Waals surface area contributed by atoms with E-state index in [1.54, 1.807) is 20.8 Å². The highest BCUT2D eigenvalue weighted by Crippen LogP contribution is 2.33.